The highest BCUT2D eigenvalue weighted by Gasteiger charge is 2.25. The number of pyridine rings is 1. The van der Waals surface area contributed by atoms with Gasteiger partial charge in [-0.15, -0.1) is 0 Å². The Labute approximate surface area is 197 Å². The van der Waals surface area contributed by atoms with Crippen LogP contribution in [0.5, 0.6) is 0 Å². The van der Waals surface area contributed by atoms with Gasteiger partial charge in [-0.3, -0.25) is 9.59 Å². The second-order valence-corrected chi connectivity index (χ2v) is 7.97. The van der Waals surface area contributed by atoms with Crippen molar-refractivity contribution in [1.82, 2.24) is 10.6 Å². The molecule has 0 aliphatic rings. The maximum atomic E-state index is 12.9. The molecule has 3 rings (SSSR count). The Hall–Kier alpha value is -3.89. The van der Waals surface area contributed by atoms with Crippen molar-refractivity contribution in [1.29, 1.82) is 5.26 Å². The Bertz CT molecular complexity index is 1180. The maximum Gasteiger partial charge on any atom is 0.258 e. The lowest BCUT2D eigenvalue weighted by atomic mass is 9.93. The SMILES string of the molecule is C[C@@H](C[C@H](NC(=O)c1ccc(-c2ccccc2Cl)[n+]([O-])c1)C(=O)NCC#N)c1ccccc1. The Kier molecular flexibility index (Phi) is 8.01. The minimum Gasteiger partial charge on any atom is -0.618 e. The van der Waals surface area contributed by atoms with Crippen molar-refractivity contribution in [3.05, 3.63) is 94.3 Å². The average Bonchev–Trinajstić information content (AvgIpc) is 2.83. The van der Waals surface area contributed by atoms with E-state index in [9.17, 15) is 14.8 Å². The molecule has 0 radical (unpaired) electrons. The van der Waals surface area contributed by atoms with Crippen LogP contribution in [0.15, 0.2) is 72.9 Å². The second kappa shape index (κ2) is 11.1. The largest absolute Gasteiger partial charge is 0.618 e. The molecule has 0 fully saturated rings. The summed E-state index contributed by atoms with van der Waals surface area (Å²) in [6.07, 6.45) is 1.47. The molecule has 0 aliphatic carbocycles. The molecule has 0 spiro atoms. The highest BCUT2D eigenvalue weighted by atomic mass is 35.5. The molecule has 3 aromatic rings. The third-order valence-corrected chi connectivity index (χ3v) is 5.58. The Morgan fingerprint density at radius 3 is 2.45 bits per heavy atom. The lowest BCUT2D eigenvalue weighted by Gasteiger charge is -2.21. The highest BCUT2D eigenvalue weighted by Crippen LogP contribution is 2.25. The van der Waals surface area contributed by atoms with E-state index in [-0.39, 0.29) is 18.0 Å². The Morgan fingerprint density at radius 1 is 1.09 bits per heavy atom. The third-order valence-electron chi connectivity index (χ3n) is 5.25. The number of carbonyl (C=O) groups excluding carboxylic acids is 2. The van der Waals surface area contributed by atoms with Gasteiger partial charge >= 0.3 is 0 Å². The van der Waals surface area contributed by atoms with Crippen molar-refractivity contribution < 1.29 is 14.3 Å². The Balaban J connectivity index is 1.79. The first kappa shape index (κ1) is 23.8. The molecule has 1 aromatic heterocycles. The quantitative estimate of drug-likeness (QED) is 0.303. The van der Waals surface area contributed by atoms with Gasteiger partial charge in [-0.1, -0.05) is 61.0 Å². The minimum atomic E-state index is -0.885. The standard InChI is InChI=1S/C25H23ClN4O3/c1-17(18-7-3-2-4-8-18)15-22(25(32)28-14-13-27)29-24(31)19-11-12-23(30(33)16-19)20-9-5-6-10-21(20)26/h2-12,16-17,22H,14-15H2,1H3,(H,28,32)(H,29,31)/t17-,22-/m0/s1. The molecule has 0 saturated carbocycles. The zero-order valence-corrected chi connectivity index (χ0v) is 18.8. The Morgan fingerprint density at radius 2 is 1.79 bits per heavy atom. The summed E-state index contributed by atoms with van der Waals surface area (Å²) in [5.74, 6) is -1.06. The first-order valence-electron chi connectivity index (χ1n) is 10.4. The van der Waals surface area contributed by atoms with Crippen LogP contribution in [0.4, 0.5) is 0 Å². The summed E-state index contributed by atoms with van der Waals surface area (Å²) in [6.45, 7) is 1.79. The van der Waals surface area contributed by atoms with Gasteiger partial charge in [0.1, 0.15) is 18.2 Å². The molecular formula is C25H23ClN4O3. The van der Waals surface area contributed by atoms with E-state index in [1.54, 1.807) is 24.3 Å². The van der Waals surface area contributed by atoms with E-state index in [4.69, 9.17) is 16.9 Å². The van der Waals surface area contributed by atoms with Gasteiger partial charge in [0.15, 0.2) is 6.20 Å². The molecule has 1 heterocycles. The molecule has 168 valence electrons. The topological polar surface area (TPSA) is 109 Å². The van der Waals surface area contributed by atoms with E-state index < -0.39 is 17.9 Å². The molecular weight excluding hydrogens is 440 g/mol. The lowest BCUT2D eigenvalue weighted by molar-refractivity contribution is -0.593. The smallest absolute Gasteiger partial charge is 0.258 e. The molecule has 2 aromatic carbocycles. The van der Waals surface area contributed by atoms with E-state index in [1.165, 1.54) is 12.1 Å². The first-order chi connectivity index (χ1) is 15.9. The zero-order valence-electron chi connectivity index (χ0n) is 18.0. The predicted octanol–water partition coefficient (Wildman–Crippen LogP) is 3.57. The fourth-order valence-corrected chi connectivity index (χ4v) is 3.72. The van der Waals surface area contributed by atoms with E-state index in [0.717, 1.165) is 11.8 Å². The number of carbonyl (C=O) groups is 2. The predicted molar refractivity (Wildman–Crippen MR) is 125 cm³/mol. The molecule has 2 N–H and O–H groups in total. The van der Waals surface area contributed by atoms with Crippen molar-refractivity contribution in [3.8, 4) is 17.3 Å². The molecule has 0 aliphatic heterocycles. The van der Waals surface area contributed by atoms with Gasteiger partial charge in [-0.05, 0) is 36.1 Å². The number of benzene rings is 2. The summed E-state index contributed by atoms with van der Waals surface area (Å²) in [7, 11) is 0. The molecule has 0 saturated heterocycles. The van der Waals surface area contributed by atoms with E-state index >= 15 is 0 Å². The van der Waals surface area contributed by atoms with Crippen LogP contribution in [-0.2, 0) is 4.79 Å². The van der Waals surface area contributed by atoms with Crippen LogP contribution in [0.1, 0.15) is 35.2 Å². The van der Waals surface area contributed by atoms with E-state index in [0.29, 0.717) is 27.4 Å². The summed E-state index contributed by atoms with van der Waals surface area (Å²) >= 11 is 6.18. The molecule has 7 nitrogen and oxygen atoms in total. The summed E-state index contributed by atoms with van der Waals surface area (Å²) in [5.41, 5.74) is 1.97. The van der Waals surface area contributed by atoms with Crippen LogP contribution >= 0.6 is 11.6 Å². The van der Waals surface area contributed by atoms with Gasteiger partial charge in [0.2, 0.25) is 11.6 Å². The van der Waals surface area contributed by atoms with Crippen LogP contribution in [0.2, 0.25) is 5.02 Å². The number of nitrogens with zero attached hydrogens (tertiary/aromatic N) is 2. The summed E-state index contributed by atoms with van der Waals surface area (Å²) < 4.78 is 0.577. The van der Waals surface area contributed by atoms with Crippen molar-refractivity contribution in [2.75, 3.05) is 6.54 Å². The number of hydrogen-bond acceptors (Lipinski definition) is 4. The van der Waals surface area contributed by atoms with Crippen LogP contribution < -0.4 is 15.4 Å². The van der Waals surface area contributed by atoms with Gasteiger partial charge in [-0.25, -0.2) is 0 Å². The van der Waals surface area contributed by atoms with E-state index in [2.05, 4.69) is 10.6 Å². The average molecular weight is 463 g/mol. The van der Waals surface area contributed by atoms with Crippen molar-refractivity contribution in [2.24, 2.45) is 0 Å². The first-order valence-corrected chi connectivity index (χ1v) is 10.8. The molecule has 2 amide bonds. The normalized spacial score (nSPS) is 12.3. The van der Waals surface area contributed by atoms with Crippen LogP contribution in [0, 0.1) is 16.5 Å². The fraction of sp³-hybridized carbons (Fsp3) is 0.200. The van der Waals surface area contributed by atoms with E-state index in [1.807, 2.05) is 43.3 Å². The number of aromatic nitrogens is 1. The number of halogens is 1. The highest BCUT2D eigenvalue weighted by molar-refractivity contribution is 6.33. The zero-order chi connectivity index (χ0) is 23.8. The molecule has 0 bridgehead atoms. The summed E-state index contributed by atoms with van der Waals surface area (Å²) in [5, 5.41) is 27.0. The minimum absolute atomic E-state index is 0.0311. The van der Waals surface area contributed by atoms with Gasteiger partial charge in [-0.2, -0.15) is 9.99 Å². The lowest BCUT2D eigenvalue weighted by Crippen LogP contribution is -2.47. The van der Waals surface area contributed by atoms with Crippen LogP contribution in [0.25, 0.3) is 11.3 Å². The fourth-order valence-electron chi connectivity index (χ4n) is 3.49. The number of amides is 2. The monoisotopic (exact) mass is 462 g/mol. The molecule has 8 heteroatoms. The molecule has 0 unspecified atom stereocenters. The van der Waals surface area contributed by atoms with Gasteiger partial charge < -0.3 is 15.8 Å². The third kappa shape index (κ3) is 6.09. The summed E-state index contributed by atoms with van der Waals surface area (Å²) in [4.78, 5) is 25.5. The number of rotatable bonds is 8. The second-order valence-electron chi connectivity index (χ2n) is 7.56. The van der Waals surface area contributed by atoms with Crippen molar-refractivity contribution >= 4 is 23.4 Å². The number of nitrogens with one attached hydrogen (secondary N) is 2. The van der Waals surface area contributed by atoms with Crippen LogP contribution in [-0.4, -0.2) is 24.4 Å². The number of hydrogen-bond donors (Lipinski definition) is 2. The van der Waals surface area contributed by atoms with Gasteiger partial charge in [0.25, 0.3) is 5.91 Å². The maximum absolute atomic E-state index is 12.9. The van der Waals surface area contributed by atoms with Gasteiger partial charge in [0, 0.05) is 6.07 Å². The summed E-state index contributed by atoms with van der Waals surface area (Å²) in [6, 6.07) is 20.5. The van der Waals surface area contributed by atoms with Gasteiger partial charge in [0.05, 0.1) is 16.7 Å². The van der Waals surface area contributed by atoms with Crippen molar-refractivity contribution in [3.63, 3.8) is 0 Å². The molecule has 33 heavy (non-hydrogen) atoms. The molecule has 2 atom stereocenters. The van der Waals surface area contributed by atoms with Crippen molar-refractivity contribution in [2.45, 2.75) is 25.3 Å². The number of nitriles is 1. The van der Waals surface area contributed by atoms with Crippen LogP contribution in [0.3, 0.4) is 0 Å².